The van der Waals surface area contributed by atoms with Gasteiger partial charge in [-0.15, -0.1) is 0 Å². The highest BCUT2D eigenvalue weighted by Crippen LogP contribution is 2.17. The van der Waals surface area contributed by atoms with Gasteiger partial charge >= 0.3 is 0 Å². The molecule has 1 fully saturated rings. The smallest absolute Gasteiger partial charge is 0.222 e. The van der Waals surface area contributed by atoms with Gasteiger partial charge in [0.05, 0.1) is 18.9 Å². The third-order valence-electron chi connectivity index (χ3n) is 3.63. The molecule has 1 aromatic carbocycles. The largest absolute Gasteiger partial charge is 0.341 e. The molecule has 4 heteroatoms. The number of rotatable bonds is 2. The van der Waals surface area contributed by atoms with Crippen LogP contribution in [0.5, 0.6) is 0 Å². The van der Waals surface area contributed by atoms with Crippen LogP contribution in [0.1, 0.15) is 12.5 Å². The van der Waals surface area contributed by atoms with Crippen molar-refractivity contribution in [3.63, 3.8) is 0 Å². The standard InChI is InChI=1S/C20H18FNO2/c1-2-3-16-13-23-20(24-14-16)11-5-15-4-10-19(22-12-15)17-6-8-18(21)9-7-17/h2-4,6-10,12,16,20H,13-14H2,1H3. The Kier molecular flexibility index (Phi) is 5.37. The van der Waals surface area contributed by atoms with Crippen molar-refractivity contribution in [2.45, 2.75) is 13.2 Å². The van der Waals surface area contributed by atoms with E-state index >= 15 is 0 Å². The van der Waals surface area contributed by atoms with E-state index in [0.717, 1.165) is 16.8 Å². The first-order valence-electron chi connectivity index (χ1n) is 7.84. The number of allylic oxidation sites excluding steroid dienone is 1. The summed E-state index contributed by atoms with van der Waals surface area (Å²) in [4.78, 5) is 4.36. The molecule has 0 N–H and O–H groups in total. The molecular weight excluding hydrogens is 305 g/mol. The zero-order chi connectivity index (χ0) is 16.8. The SMILES string of the molecule is CC=CC1COC(C#Cc2ccc(-c3ccc(F)cc3)nc2)OC1. The zero-order valence-electron chi connectivity index (χ0n) is 13.4. The molecule has 0 saturated carbocycles. The van der Waals surface area contributed by atoms with Gasteiger partial charge in [-0.3, -0.25) is 4.98 Å². The van der Waals surface area contributed by atoms with Gasteiger partial charge in [0.15, 0.2) is 0 Å². The van der Waals surface area contributed by atoms with Crippen LogP contribution >= 0.6 is 0 Å². The summed E-state index contributed by atoms with van der Waals surface area (Å²) in [6, 6.07) is 9.99. The fourth-order valence-corrected chi connectivity index (χ4v) is 2.39. The number of benzene rings is 1. The number of nitrogens with zero attached hydrogens (tertiary/aromatic N) is 1. The Morgan fingerprint density at radius 2 is 1.88 bits per heavy atom. The monoisotopic (exact) mass is 323 g/mol. The van der Waals surface area contributed by atoms with Gasteiger partial charge in [0.2, 0.25) is 6.29 Å². The summed E-state index contributed by atoms with van der Waals surface area (Å²) in [5.41, 5.74) is 2.42. The maximum atomic E-state index is 12.9. The van der Waals surface area contributed by atoms with Crippen molar-refractivity contribution >= 4 is 0 Å². The summed E-state index contributed by atoms with van der Waals surface area (Å²) in [5.74, 6) is 6.00. The summed E-state index contributed by atoms with van der Waals surface area (Å²) >= 11 is 0. The average Bonchev–Trinajstić information content (AvgIpc) is 2.63. The number of hydrogen-bond acceptors (Lipinski definition) is 3. The highest BCUT2D eigenvalue weighted by molar-refractivity contribution is 5.59. The predicted molar refractivity (Wildman–Crippen MR) is 90.5 cm³/mol. The molecule has 3 nitrogen and oxygen atoms in total. The van der Waals surface area contributed by atoms with Crippen LogP contribution in [0.4, 0.5) is 4.39 Å². The summed E-state index contributed by atoms with van der Waals surface area (Å²) < 4.78 is 24.1. The lowest BCUT2D eigenvalue weighted by atomic mass is 10.1. The topological polar surface area (TPSA) is 31.4 Å². The summed E-state index contributed by atoms with van der Waals surface area (Å²) in [5, 5.41) is 0. The molecule has 2 heterocycles. The fraction of sp³-hybridized carbons (Fsp3) is 0.250. The van der Waals surface area contributed by atoms with E-state index in [1.165, 1.54) is 12.1 Å². The first kappa shape index (κ1) is 16.4. The fourth-order valence-electron chi connectivity index (χ4n) is 2.39. The second-order valence-corrected chi connectivity index (χ2v) is 5.49. The lowest BCUT2D eigenvalue weighted by Crippen LogP contribution is -2.30. The van der Waals surface area contributed by atoms with Crippen LogP contribution in [-0.2, 0) is 9.47 Å². The van der Waals surface area contributed by atoms with Crippen molar-refractivity contribution in [1.82, 2.24) is 4.98 Å². The van der Waals surface area contributed by atoms with Crippen LogP contribution in [-0.4, -0.2) is 24.5 Å². The molecule has 0 radical (unpaired) electrons. The molecule has 0 aliphatic carbocycles. The normalized spacial score (nSPS) is 20.6. The van der Waals surface area contributed by atoms with Gasteiger partial charge in [0.1, 0.15) is 5.82 Å². The van der Waals surface area contributed by atoms with Gasteiger partial charge in [-0.2, -0.15) is 0 Å². The Balaban J connectivity index is 1.62. The number of ether oxygens (including phenoxy) is 2. The van der Waals surface area contributed by atoms with Crippen molar-refractivity contribution in [3.05, 3.63) is 66.1 Å². The Labute approximate surface area is 141 Å². The van der Waals surface area contributed by atoms with E-state index in [-0.39, 0.29) is 5.82 Å². The number of halogens is 1. The minimum Gasteiger partial charge on any atom is -0.341 e. The summed E-state index contributed by atoms with van der Waals surface area (Å²) in [6.45, 7) is 3.21. The average molecular weight is 323 g/mol. The third kappa shape index (κ3) is 4.29. The van der Waals surface area contributed by atoms with E-state index in [4.69, 9.17) is 9.47 Å². The van der Waals surface area contributed by atoms with Crippen molar-refractivity contribution in [2.24, 2.45) is 5.92 Å². The minimum absolute atomic E-state index is 0.259. The summed E-state index contributed by atoms with van der Waals surface area (Å²) in [6.07, 6.45) is 5.26. The van der Waals surface area contributed by atoms with Gasteiger partial charge in [0.25, 0.3) is 0 Å². The first-order chi connectivity index (χ1) is 11.7. The Bertz CT molecular complexity index is 749. The van der Waals surface area contributed by atoms with Crippen LogP contribution in [0.25, 0.3) is 11.3 Å². The van der Waals surface area contributed by atoms with Crippen LogP contribution in [0.15, 0.2) is 54.7 Å². The van der Waals surface area contributed by atoms with E-state index in [1.54, 1.807) is 18.3 Å². The molecular formula is C20H18FNO2. The third-order valence-corrected chi connectivity index (χ3v) is 3.63. The van der Waals surface area contributed by atoms with Crippen molar-refractivity contribution in [3.8, 4) is 23.1 Å². The van der Waals surface area contributed by atoms with Crippen molar-refractivity contribution < 1.29 is 13.9 Å². The molecule has 1 aliphatic rings. The van der Waals surface area contributed by atoms with E-state index in [2.05, 4.69) is 22.9 Å². The molecule has 0 bridgehead atoms. The second-order valence-electron chi connectivity index (χ2n) is 5.49. The van der Waals surface area contributed by atoms with Crippen LogP contribution in [0, 0.1) is 23.6 Å². The van der Waals surface area contributed by atoms with Crippen LogP contribution in [0.3, 0.4) is 0 Å². The zero-order valence-corrected chi connectivity index (χ0v) is 13.4. The van der Waals surface area contributed by atoms with E-state index in [9.17, 15) is 4.39 Å². The Hall–Kier alpha value is -2.48. The van der Waals surface area contributed by atoms with Gasteiger partial charge in [-0.25, -0.2) is 4.39 Å². The predicted octanol–water partition coefficient (Wildman–Crippen LogP) is 3.80. The quantitative estimate of drug-likeness (QED) is 0.622. The maximum Gasteiger partial charge on any atom is 0.222 e. The molecule has 0 spiro atoms. The van der Waals surface area contributed by atoms with E-state index < -0.39 is 6.29 Å². The number of aromatic nitrogens is 1. The van der Waals surface area contributed by atoms with Gasteiger partial charge < -0.3 is 9.47 Å². The van der Waals surface area contributed by atoms with Crippen LogP contribution in [0.2, 0.25) is 0 Å². The molecule has 0 unspecified atom stereocenters. The molecule has 2 aromatic rings. The first-order valence-corrected chi connectivity index (χ1v) is 7.84. The summed E-state index contributed by atoms with van der Waals surface area (Å²) in [7, 11) is 0. The minimum atomic E-state index is -0.497. The lowest BCUT2D eigenvalue weighted by Gasteiger charge is -2.24. The molecule has 1 aromatic heterocycles. The van der Waals surface area contributed by atoms with Gasteiger partial charge in [-0.1, -0.05) is 18.1 Å². The Morgan fingerprint density at radius 1 is 1.12 bits per heavy atom. The maximum absolute atomic E-state index is 12.9. The van der Waals surface area contributed by atoms with E-state index in [0.29, 0.717) is 19.1 Å². The molecule has 122 valence electrons. The molecule has 3 rings (SSSR count). The lowest BCUT2D eigenvalue weighted by molar-refractivity contribution is -0.160. The second kappa shape index (κ2) is 7.87. The van der Waals surface area contributed by atoms with Gasteiger partial charge in [-0.05, 0) is 49.2 Å². The molecule has 1 aliphatic heterocycles. The number of pyridine rings is 1. The van der Waals surface area contributed by atoms with E-state index in [1.807, 2.05) is 25.1 Å². The number of hydrogen-bond donors (Lipinski definition) is 0. The van der Waals surface area contributed by atoms with Crippen molar-refractivity contribution in [1.29, 1.82) is 0 Å². The van der Waals surface area contributed by atoms with Gasteiger partial charge in [0, 0.05) is 23.2 Å². The molecule has 24 heavy (non-hydrogen) atoms. The Morgan fingerprint density at radius 3 is 2.50 bits per heavy atom. The van der Waals surface area contributed by atoms with Crippen molar-refractivity contribution in [2.75, 3.05) is 13.2 Å². The molecule has 0 atom stereocenters. The van der Waals surface area contributed by atoms with Crippen LogP contribution < -0.4 is 0 Å². The highest BCUT2D eigenvalue weighted by Gasteiger charge is 2.18. The highest BCUT2D eigenvalue weighted by atomic mass is 19.1. The molecule has 1 saturated heterocycles. The molecule has 0 amide bonds.